The number of amides is 1. The van der Waals surface area contributed by atoms with E-state index in [9.17, 15) is 9.59 Å². The fourth-order valence-electron chi connectivity index (χ4n) is 2.90. The molecule has 0 saturated heterocycles. The first kappa shape index (κ1) is 18.8. The van der Waals surface area contributed by atoms with Crippen molar-refractivity contribution in [3.05, 3.63) is 59.7 Å². The molecule has 2 unspecified atom stereocenters. The molecule has 0 radical (unpaired) electrons. The maximum absolute atomic E-state index is 12.1. The van der Waals surface area contributed by atoms with E-state index in [1.54, 1.807) is 0 Å². The molecule has 1 heterocycles. The first-order valence-electron chi connectivity index (χ1n) is 8.92. The van der Waals surface area contributed by atoms with Crippen LogP contribution < -0.4 is 14.8 Å². The van der Waals surface area contributed by atoms with Crippen LogP contribution in [0, 0.1) is 0 Å². The summed E-state index contributed by atoms with van der Waals surface area (Å²) in [6.07, 6.45) is 0.231. The van der Waals surface area contributed by atoms with Gasteiger partial charge >= 0.3 is 5.97 Å². The second-order valence-electron chi connectivity index (χ2n) is 6.58. The molecule has 1 amide bonds. The molecule has 6 nitrogen and oxygen atoms in total. The normalized spacial score (nSPS) is 14.3. The predicted molar refractivity (Wildman–Crippen MR) is 99.6 cm³/mol. The van der Waals surface area contributed by atoms with Gasteiger partial charge in [0.25, 0.3) is 5.91 Å². The second kappa shape index (κ2) is 8.58. The summed E-state index contributed by atoms with van der Waals surface area (Å²) < 4.78 is 15.7. The summed E-state index contributed by atoms with van der Waals surface area (Å²) in [5.41, 5.74) is 1.95. The Bertz CT molecular complexity index is 805. The van der Waals surface area contributed by atoms with Crippen molar-refractivity contribution >= 4 is 11.9 Å². The topological polar surface area (TPSA) is 73.9 Å². The van der Waals surface area contributed by atoms with Crippen LogP contribution in [0.2, 0.25) is 0 Å². The summed E-state index contributed by atoms with van der Waals surface area (Å²) in [5, 5.41) is 2.82. The van der Waals surface area contributed by atoms with Crippen molar-refractivity contribution in [1.82, 2.24) is 5.32 Å². The van der Waals surface area contributed by atoms with Crippen molar-refractivity contribution in [2.24, 2.45) is 0 Å². The molecule has 2 aromatic rings. The molecule has 0 saturated carbocycles. The van der Waals surface area contributed by atoms with Crippen LogP contribution in [0.15, 0.2) is 48.5 Å². The van der Waals surface area contributed by atoms with E-state index in [0.29, 0.717) is 11.5 Å². The lowest BCUT2D eigenvalue weighted by atomic mass is 9.98. The van der Waals surface area contributed by atoms with E-state index in [2.05, 4.69) is 5.32 Å². The SMILES string of the molecule is CC(CC(=O)OCC(=O)NC(C)c1ccc2c(c1)OCO2)c1ccccc1. The van der Waals surface area contributed by atoms with Crippen LogP contribution in [0.4, 0.5) is 0 Å². The van der Waals surface area contributed by atoms with E-state index >= 15 is 0 Å². The van der Waals surface area contributed by atoms with Crippen molar-refractivity contribution in [3.8, 4) is 11.5 Å². The minimum atomic E-state index is -0.391. The standard InChI is InChI=1S/C21H23NO5/c1-14(16-6-4-3-5-7-16)10-21(24)25-12-20(23)22-15(2)17-8-9-18-19(11-17)27-13-26-18/h3-9,11,14-15H,10,12-13H2,1-2H3,(H,22,23). The number of nitrogens with one attached hydrogen (secondary N) is 1. The zero-order valence-corrected chi connectivity index (χ0v) is 15.4. The lowest BCUT2D eigenvalue weighted by Gasteiger charge is -2.15. The molecule has 2 aromatic carbocycles. The number of rotatable bonds is 7. The summed E-state index contributed by atoms with van der Waals surface area (Å²) in [6, 6.07) is 15.0. The number of hydrogen-bond acceptors (Lipinski definition) is 5. The van der Waals surface area contributed by atoms with E-state index in [1.165, 1.54) is 0 Å². The first-order chi connectivity index (χ1) is 13.0. The average molecular weight is 369 g/mol. The number of esters is 1. The second-order valence-corrected chi connectivity index (χ2v) is 6.58. The van der Waals surface area contributed by atoms with Crippen molar-refractivity contribution in [2.45, 2.75) is 32.2 Å². The van der Waals surface area contributed by atoms with Crippen LogP contribution in [0.1, 0.15) is 43.4 Å². The van der Waals surface area contributed by atoms with Crippen LogP contribution in [0.25, 0.3) is 0 Å². The summed E-state index contributed by atoms with van der Waals surface area (Å²) in [6.45, 7) is 3.72. The summed E-state index contributed by atoms with van der Waals surface area (Å²) in [4.78, 5) is 24.1. The van der Waals surface area contributed by atoms with E-state index in [1.807, 2.05) is 62.4 Å². The molecule has 1 N–H and O–H groups in total. The molecular formula is C21H23NO5. The number of hydrogen-bond donors (Lipinski definition) is 1. The quantitative estimate of drug-likeness (QED) is 0.758. The monoisotopic (exact) mass is 369 g/mol. The molecule has 0 aliphatic carbocycles. The molecule has 1 aliphatic rings. The van der Waals surface area contributed by atoms with Gasteiger partial charge in [0.15, 0.2) is 18.1 Å². The van der Waals surface area contributed by atoms with Crippen LogP contribution in [-0.4, -0.2) is 25.3 Å². The highest BCUT2D eigenvalue weighted by atomic mass is 16.7. The average Bonchev–Trinajstić information content (AvgIpc) is 3.14. The van der Waals surface area contributed by atoms with Crippen LogP contribution >= 0.6 is 0 Å². The minimum Gasteiger partial charge on any atom is -0.456 e. The molecular weight excluding hydrogens is 346 g/mol. The van der Waals surface area contributed by atoms with E-state index < -0.39 is 5.97 Å². The Hall–Kier alpha value is -3.02. The Morgan fingerprint density at radius 1 is 1.04 bits per heavy atom. The summed E-state index contributed by atoms with van der Waals surface area (Å²) in [7, 11) is 0. The zero-order valence-electron chi connectivity index (χ0n) is 15.4. The fraction of sp³-hybridized carbons (Fsp3) is 0.333. The molecule has 142 valence electrons. The Kier molecular flexibility index (Phi) is 5.96. The first-order valence-corrected chi connectivity index (χ1v) is 8.92. The highest BCUT2D eigenvalue weighted by Gasteiger charge is 2.18. The summed E-state index contributed by atoms with van der Waals surface area (Å²) in [5.74, 6) is 0.654. The lowest BCUT2D eigenvalue weighted by molar-refractivity contribution is -0.149. The molecule has 0 fully saturated rings. The summed E-state index contributed by atoms with van der Waals surface area (Å²) >= 11 is 0. The van der Waals surface area contributed by atoms with Gasteiger partial charge in [0.1, 0.15) is 0 Å². The van der Waals surface area contributed by atoms with Crippen molar-refractivity contribution < 1.29 is 23.8 Å². The van der Waals surface area contributed by atoms with Gasteiger partial charge < -0.3 is 19.5 Å². The van der Waals surface area contributed by atoms with Crippen molar-refractivity contribution in [2.75, 3.05) is 13.4 Å². The Labute approximate surface area is 158 Å². The van der Waals surface area contributed by atoms with E-state index in [4.69, 9.17) is 14.2 Å². The number of benzene rings is 2. The van der Waals surface area contributed by atoms with Crippen LogP contribution in [-0.2, 0) is 14.3 Å². The largest absolute Gasteiger partial charge is 0.456 e. The van der Waals surface area contributed by atoms with Gasteiger partial charge in [0.2, 0.25) is 6.79 Å². The van der Waals surface area contributed by atoms with Gasteiger partial charge in [-0.3, -0.25) is 9.59 Å². The molecule has 0 aromatic heterocycles. The van der Waals surface area contributed by atoms with Gasteiger partial charge in [-0.1, -0.05) is 43.3 Å². The van der Waals surface area contributed by atoms with Gasteiger partial charge in [-0.05, 0) is 36.1 Å². The van der Waals surface area contributed by atoms with Gasteiger partial charge in [0.05, 0.1) is 12.5 Å². The lowest BCUT2D eigenvalue weighted by Crippen LogP contribution is -2.31. The molecule has 0 bridgehead atoms. The maximum Gasteiger partial charge on any atom is 0.306 e. The van der Waals surface area contributed by atoms with Gasteiger partial charge in [0, 0.05) is 0 Å². The number of carbonyl (C=O) groups excluding carboxylic acids is 2. The van der Waals surface area contributed by atoms with Gasteiger partial charge in [-0.25, -0.2) is 0 Å². The van der Waals surface area contributed by atoms with E-state index in [0.717, 1.165) is 11.1 Å². The third kappa shape index (κ3) is 5.00. The molecule has 27 heavy (non-hydrogen) atoms. The van der Waals surface area contributed by atoms with Crippen molar-refractivity contribution in [1.29, 1.82) is 0 Å². The predicted octanol–water partition coefficient (Wildman–Crippen LogP) is 3.33. The van der Waals surface area contributed by atoms with Gasteiger partial charge in [-0.15, -0.1) is 0 Å². The molecule has 6 heteroatoms. The zero-order chi connectivity index (χ0) is 19.2. The van der Waals surface area contributed by atoms with Gasteiger partial charge in [-0.2, -0.15) is 0 Å². The number of fused-ring (bicyclic) bond motifs is 1. The fourth-order valence-corrected chi connectivity index (χ4v) is 2.90. The molecule has 3 rings (SSSR count). The molecule has 2 atom stereocenters. The smallest absolute Gasteiger partial charge is 0.306 e. The Morgan fingerprint density at radius 2 is 1.78 bits per heavy atom. The Morgan fingerprint density at radius 3 is 2.56 bits per heavy atom. The molecule has 1 aliphatic heterocycles. The minimum absolute atomic E-state index is 0.0364. The van der Waals surface area contributed by atoms with E-state index in [-0.39, 0.29) is 37.7 Å². The highest BCUT2D eigenvalue weighted by molar-refractivity contribution is 5.81. The van der Waals surface area contributed by atoms with Crippen molar-refractivity contribution in [3.63, 3.8) is 0 Å². The third-order valence-corrected chi connectivity index (χ3v) is 4.48. The highest BCUT2D eigenvalue weighted by Crippen LogP contribution is 2.34. The van der Waals surface area contributed by atoms with Crippen LogP contribution in [0.3, 0.4) is 0 Å². The Balaban J connectivity index is 1.44. The molecule has 0 spiro atoms. The number of carbonyl (C=O) groups is 2. The number of ether oxygens (including phenoxy) is 3. The third-order valence-electron chi connectivity index (χ3n) is 4.48. The van der Waals surface area contributed by atoms with Crippen LogP contribution in [0.5, 0.6) is 11.5 Å². The maximum atomic E-state index is 12.1.